The van der Waals surface area contributed by atoms with Crippen LogP contribution in [0.2, 0.25) is 0 Å². The van der Waals surface area contributed by atoms with Crippen molar-refractivity contribution >= 4 is 5.91 Å². The zero-order valence-electron chi connectivity index (χ0n) is 16.2. The van der Waals surface area contributed by atoms with E-state index >= 15 is 0 Å². The van der Waals surface area contributed by atoms with Crippen LogP contribution in [0.15, 0.2) is 30.3 Å². The molecule has 0 aromatic heterocycles. The molecule has 2 rings (SSSR count). The fourth-order valence-corrected chi connectivity index (χ4v) is 3.56. The first-order valence-corrected chi connectivity index (χ1v) is 10.5. The maximum atomic E-state index is 12.7. The van der Waals surface area contributed by atoms with Crippen molar-refractivity contribution in [1.29, 1.82) is 0 Å². The lowest BCUT2D eigenvalue weighted by atomic mass is 9.98. The molecule has 1 aliphatic carbocycles. The molecule has 4 heteroatoms. The van der Waals surface area contributed by atoms with E-state index in [4.69, 9.17) is 10.6 Å². The van der Waals surface area contributed by atoms with Gasteiger partial charge >= 0.3 is 0 Å². The molecular weight excluding hydrogens is 324 g/mol. The van der Waals surface area contributed by atoms with Gasteiger partial charge in [-0.15, -0.1) is 0 Å². The van der Waals surface area contributed by atoms with Gasteiger partial charge in [0.15, 0.2) is 0 Å². The molecule has 1 aromatic carbocycles. The number of benzene rings is 1. The highest BCUT2D eigenvalue weighted by molar-refractivity contribution is 5.75. The third-order valence-electron chi connectivity index (χ3n) is 5.12. The topological polar surface area (TPSA) is 55.6 Å². The smallest absolute Gasteiger partial charge is 0.246 e. The molecule has 0 radical (unpaired) electrons. The lowest BCUT2D eigenvalue weighted by Crippen LogP contribution is -2.37. The zero-order chi connectivity index (χ0) is 18.5. The summed E-state index contributed by atoms with van der Waals surface area (Å²) in [6.45, 7) is 1.43. The first kappa shape index (κ1) is 20.9. The van der Waals surface area contributed by atoms with Gasteiger partial charge in [0.25, 0.3) is 0 Å². The predicted octanol–water partition coefficient (Wildman–Crippen LogP) is 4.62. The van der Waals surface area contributed by atoms with Crippen LogP contribution in [0.25, 0.3) is 0 Å². The molecule has 4 nitrogen and oxygen atoms in total. The van der Waals surface area contributed by atoms with Gasteiger partial charge in [-0.1, -0.05) is 62.4 Å². The number of rotatable bonds is 12. The standard InChI is InChI=1S/C22H36N2O2/c23-18-10-2-1-9-17-22(25)24(26-21-15-7-4-8-16-21)19-11-14-20-12-5-3-6-13-20/h3,5-6,12-13,21H,1-2,4,7-11,14-19,23H2. The van der Waals surface area contributed by atoms with Crippen LogP contribution in [0.4, 0.5) is 0 Å². The second-order valence-electron chi connectivity index (χ2n) is 7.40. The van der Waals surface area contributed by atoms with Crippen molar-refractivity contribution in [2.45, 2.75) is 83.2 Å². The third-order valence-corrected chi connectivity index (χ3v) is 5.12. The highest BCUT2D eigenvalue weighted by Crippen LogP contribution is 2.22. The molecule has 1 amide bonds. The first-order valence-electron chi connectivity index (χ1n) is 10.5. The molecule has 0 aliphatic heterocycles. The Labute approximate surface area is 159 Å². The summed E-state index contributed by atoms with van der Waals surface area (Å²) in [5, 5.41) is 1.68. The van der Waals surface area contributed by atoms with Crippen LogP contribution in [0, 0.1) is 0 Å². The number of hydrogen-bond donors (Lipinski definition) is 1. The molecule has 0 unspecified atom stereocenters. The number of hydrogen-bond acceptors (Lipinski definition) is 3. The summed E-state index contributed by atoms with van der Waals surface area (Å²) in [7, 11) is 0. The quantitative estimate of drug-likeness (QED) is 0.437. The predicted molar refractivity (Wildman–Crippen MR) is 107 cm³/mol. The summed E-state index contributed by atoms with van der Waals surface area (Å²) in [5.41, 5.74) is 6.85. The van der Waals surface area contributed by atoms with Crippen molar-refractivity contribution in [2.75, 3.05) is 13.1 Å². The molecule has 0 bridgehead atoms. The Morgan fingerprint density at radius 2 is 1.73 bits per heavy atom. The van der Waals surface area contributed by atoms with Gasteiger partial charge in [-0.25, -0.2) is 5.06 Å². The van der Waals surface area contributed by atoms with Crippen LogP contribution >= 0.6 is 0 Å². The maximum Gasteiger partial charge on any atom is 0.246 e. The van der Waals surface area contributed by atoms with Gasteiger partial charge in [0, 0.05) is 13.0 Å². The van der Waals surface area contributed by atoms with Crippen molar-refractivity contribution in [3.63, 3.8) is 0 Å². The molecule has 1 fully saturated rings. The van der Waals surface area contributed by atoms with Crippen LogP contribution < -0.4 is 5.73 Å². The number of nitrogens with two attached hydrogens (primary N) is 1. The van der Waals surface area contributed by atoms with E-state index in [-0.39, 0.29) is 12.0 Å². The van der Waals surface area contributed by atoms with Crippen molar-refractivity contribution in [2.24, 2.45) is 5.73 Å². The molecular formula is C22H36N2O2. The van der Waals surface area contributed by atoms with E-state index in [1.807, 2.05) is 6.07 Å². The SMILES string of the molecule is NCCCCCCC(=O)N(CCCc1ccccc1)OC1CCCCC1. The Morgan fingerprint density at radius 3 is 2.46 bits per heavy atom. The molecule has 0 spiro atoms. The highest BCUT2D eigenvalue weighted by Gasteiger charge is 2.21. The molecule has 1 saturated carbocycles. The van der Waals surface area contributed by atoms with Crippen LogP contribution in [0.1, 0.15) is 76.2 Å². The summed E-state index contributed by atoms with van der Waals surface area (Å²) in [6.07, 6.45) is 12.8. The number of carbonyl (C=O) groups is 1. The molecule has 0 saturated heterocycles. The number of nitrogens with zero attached hydrogens (tertiary/aromatic N) is 1. The minimum Gasteiger partial charge on any atom is -0.330 e. The Kier molecular flexibility index (Phi) is 10.4. The molecule has 0 heterocycles. The molecule has 146 valence electrons. The Hall–Kier alpha value is -1.39. The van der Waals surface area contributed by atoms with Crippen molar-refractivity contribution in [3.8, 4) is 0 Å². The largest absolute Gasteiger partial charge is 0.330 e. The summed E-state index contributed by atoms with van der Waals surface area (Å²) in [5.74, 6) is 0.149. The molecule has 2 N–H and O–H groups in total. The Balaban J connectivity index is 1.78. The molecule has 1 aromatic rings. The number of unbranched alkanes of at least 4 members (excludes halogenated alkanes) is 3. The van der Waals surface area contributed by atoms with Crippen molar-refractivity contribution in [1.82, 2.24) is 5.06 Å². The summed E-state index contributed by atoms with van der Waals surface area (Å²) in [4.78, 5) is 18.8. The van der Waals surface area contributed by atoms with Gasteiger partial charge in [0.05, 0.1) is 6.10 Å². The van der Waals surface area contributed by atoms with Gasteiger partial charge in [-0.3, -0.25) is 9.63 Å². The van der Waals surface area contributed by atoms with Gasteiger partial charge < -0.3 is 5.73 Å². The number of aryl methyl sites for hydroxylation is 1. The average molecular weight is 361 g/mol. The van der Waals surface area contributed by atoms with E-state index in [1.54, 1.807) is 5.06 Å². The lowest BCUT2D eigenvalue weighted by Gasteiger charge is -2.29. The molecule has 26 heavy (non-hydrogen) atoms. The van der Waals surface area contributed by atoms with Crippen LogP contribution in [0.3, 0.4) is 0 Å². The minimum atomic E-state index is 0.149. The van der Waals surface area contributed by atoms with E-state index in [9.17, 15) is 4.79 Å². The van der Waals surface area contributed by atoms with Crippen molar-refractivity contribution in [3.05, 3.63) is 35.9 Å². The summed E-state index contributed by atoms with van der Waals surface area (Å²) in [6, 6.07) is 10.5. The van der Waals surface area contributed by atoms with Gasteiger partial charge in [-0.2, -0.15) is 0 Å². The Bertz CT molecular complexity index is 486. The minimum absolute atomic E-state index is 0.149. The van der Waals surface area contributed by atoms with Crippen LogP contribution in [0.5, 0.6) is 0 Å². The van der Waals surface area contributed by atoms with Gasteiger partial charge in [0.2, 0.25) is 5.91 Å². The van der Waals surface area contributed by atoms with E-state index in [0.29, 0.717) is 13.0 Å². The van der Waals surface area contributed by atoms with Crippen LogP contribution in [-0.4, -0.2) is 30.2 Å². The maximum absolute atomic E-state index is 12.7. The Morgan fingerprint density at radius 1 is 1.00 bits per heavy atom. The molecule has 0 atom stereocenters. The summed E-state index contributed by atoms with van der Waals surface area (Å²) < 4.78 is 0. The highest BCUT2D eigenvalue weighted by atomic mass is 16.7. The monoisotopic (exact) mass is 360 g/mol. The molecule has 1 aliphatic rings. The normalized spacial score (nSPS) is 15.1. The van der Waals surface area contributed by atoms with Crippen LogP contribution in [-0.2, 0) is 16.1 Å². The third kappa shape index (κ3) is 8.33. The van der Waals surface area contributed by atoms with E-state index in [2.05, 4.69) is 24.3 Å². The van der Waals surface area contributed by atoms with Crippen molar-refractivity contribution < 1.29 is 9.63 Å². The van der Waals surface area contributed by atoms with E-state index < -0.39 is 0 Å². The summed E-state index contributed by atoms with van der Waals surface area (Å²) >= 11 is 0. The second-order valence-corrected chi connectivity index (χ2v) is 7.40. The van der Waals surface area contributed by atoms with Gasteiger partial charge in [-0.05, 0) is 50.6 Å². The average Bonchev–Trinajstić information content (AvgIpc) is 2.68. The lowest BCUT2D eigenvalue weighted by molar-refractivity contribution is -0.211. The zero-order valence-corrected chi connectivity index (χ0v) is 16.2. The van der Waals surface area contributed by atoms with E-state index in [1.165, 1.54) is 24.8 Å². The number of carbonyl (C=O) groups excluding carboxylic acids is 1. The fraction of sp³-hybridized carbons (Fsp3) is 0.682. The van der Waals surface area contributed by atoms with Gasteiger partial charge in [0.1, 0.15) is 0 Å². The number of amides is 1. The van der Waals surface area contributed by atoms with E-state index in [0.717, 1.165) is 57.9 Å². The fourth-order valence-electron chi connectivity index (χ4n) is 3.56. The number of hydroxylamine groups is 2. The second kappa shape index (κ2) is 12.9. The first-order chi connectivity index (χ1) is 12.8.